The fourth-order valence-corrected chi connectivity index (χ4v) is 1.21. The SMILES string of the molecule is O=C(O)c1ccccc1O.O=Cc1ccc(O)cc1. The predicted molar refractivity (Wildman–Crippen MR) is 68.6 cm³/mol. The van der Waals surface area contributed by atoms with Gasteiger partial charge in [0.25, 0.3) is 0 Å². The van der Waals surface area contributed by atoms with E-state index in [1.807, 2.05) is 0 Å². The fraction of sp³-hybridized carbons (Fsp3) is 0. The number of para-hydroxylation sites is 1. The zero-order valence-electron chi connectivity index (χ0n) is 9.85. The Morgan fingerprint density at radius 2 is 1.53 bits per heavy atom. The molecule has 0 spiro atoms. The lowest BCUT2D eigenvalue weighted by Crippen LogP contribution is -1.95. The molecule has 0 aromatic heterocycles. The second kappa shape index (κ2) is 6.80. The molecule has 2 aromatic rings. The van der Waals surface area contributed by atoms with Crippen LogP contribution in [0.1, 0.15) is 20.7 Å². The average Bonchev–Trinajstić information content (AvgIpc) is 2.40. The Balaban J connectivity index is 0.000000191. The number of benzene rings is 2. The lowest BCUT2D eigenvalue weighted by molar-refractivity contribution is 0.0693. The fourth-order valence-electron chi connectivity index (χ4n) is 1.21. The number of carbonyl (C=O) groups is 2. The second-order valence-corrected chi connectivity index (χ2v) is 3.53. The first-order valence-electron chi connectivity index (χ1n) is 5.30. The van der Waals surface area contributed by atoms with E-state index in [4.69, 9.17) is 15.3 Å². The van der Waals surface area contributed by atoms with Gasteiger partial charge in [0, 0.05) is 5.56 Å². The van der Waals surface area contributed by atoms with Crippen LogP contribution in [0.4, 0.5) is 0 Å². The summed E-state index contributed by atoms with van der Waals surface area (Å²) in [6.45, 7) is 0. The maximum Gasteiger partial charge on any atom is 0.339 e. The zero-order chi connectivity index (χ0) is 14.3. The minimum atomic E-state index is -1.11. The van der Waals surface area contributed by atoms with Crippen LogP contribution in [0.3, 0.4) is 0 Å². The van der Waals surface area contributed by atoms with Crippen LogP contribution in [-0.4, -0.2) is 27.6 Å². The number of aldehydes is 1. The van der Waals surface area contributed by atoms with E-state index in [9.17, 15) is 9.59 Å². The summed E-state index contributed by atoms with van der Waals surface area (Å²) in [6.07, 6.45) is 0.736. The van der Waals surface area contributed by atoms with Crippen LogP contribution >= 0.6 is 0 Å². The lowest BCUT2D eigenvalue weighted by Gasteiger charge is -1.95. The van der Waals surface area contributed by atoms with Crippen molar-refractivity contribution in [2.24, 2.45) is 0 Å². The molecule has 2 aromatic carbocycles. The van der Waals surface area contributed by atoms with E-state index in [-0.39, 0.29) is 17.1 Å². The quantitative estimate of drug-likeness (QED) is 0.720. The number of phenols is 2. The molecule has 5 nitrogen and oxygen atoms in total. The van der Waals surface area contributed by atoms with E-state index >= 15 is 0 Å². The van der Waals surface area contributed by atoms with Crippen LogP contribution in [0.2, 0.25) is 0 Å². The van der Waals surface area contributed by atoms with Gasteiger partial charge in [-0.2, -0.15) is 0 Å². The number of hydrogen-bond donors (Lipinski definition) is 3. The molecule has 0 fully saturated rings. The Labute approximate surface area is 109 Å². The molecule has 2 rings (SSSR count). The molecule has 0 atom stereocenters. The zero-order valence-corrected chi connectivity index (χ0v) is 9.85. The van der Waals surface area contributed by atoms with Gasteiger partial charge in [-0.3, -0.25) is 4.79 Å². The van der Waals surface area contributed by atoms with Crippen molar-refractivity contribution in [1.29, 1.82) is 0 Å². The highest BCUT2D eigenvalue weighted by Gasteiger charge is 2.05. The third-order valence-electron chi connectivity index (χ3n) is 2.16. The molecule has 0 heterocycles. The molecule has 0 aliphatic rings. The highest BCUT2D eigenvalue weighted by molar-refractivity contribution is 5.90. The molecule has 98 valence electrons. The first-order valence-corrected chi connectivity index (χ1v) is 5.30. The van der Waals surface area contributed by atoms with E-state index in [0.717, 1.165) is 6.29 Å². The summed E-state index contributed by atoms with van der Waals surface area (Å²) < 4.78 is 0. The summed E-state index contributed by atoms with van der Waals surface area (Å²) in [6, 6.07) is 11.9. The van der Waals surface area contributed by atoms with Crippen molar-refractivity contribution in [2.75, 3.05) is 0 Å². The molecule has 0 amide bonds. The minimum Gasteiger partial charge on any atom is -0.508 e. The molecule has 0 unspecified atom stereocenters. The molecule has 19 heavy (non-hydrogen) atoms. The van der Waals surface area contributed by atoms with E-state index in [0.29, 0.717) is 5.56 Å². The van der Waals surface area contributed by atoms with Crippen LogP contribution in [-0.2, 0) is 0 Å². The third kappa shape index (κ3) is 4.51. The standard InChI is InChI=1S/C7H6O3.C7H6O2/c8-6-4-2-1-3-5(6)7(9)10;8-5-6-1-3-7(9)4-2-6/h1-4,8H,(H,9,10);1-5,9H. The lowest BCUT2D eigenvalue weighted by atomic mass is 10.2. The summed E-state index contributed by atoms with van der Waals surface area (Å²) in [5.41, 5.74) is 0.510. The van der Waals surface area contributed by atoms with Crippen molar-refractivity contribution in [1.82, 2.24) is 0 Å². The van der Waals surface area contributed by atoms with Crippen molar-refractivity contribution < 1.29 is 24.9 Å². The number of carboxylic acids is 1. The van der Waals surface area contributed by atoms with Crippen molar-refractivity contribution in [2.45, 2.75) is 0 Å². The molecule has 0 aliphatic carbocycles. The monoisotopic (exact) mass is 260 g/mol. The van der Waals surface area contributed by atoms with Crippen molar-refractivity contribution in [3.8, 4) is 11.5 Å². The first kappa shape index (κ1) is 14.2. The molecule has 0 aliphatic heterocycles. The smallest absolute Gasteiger partial charge is 0.339 e. The minimum absolute atomic E-state index is 0.0671. The van der Waals surface area contributed by atoms with Crippen molar-refractivity contribution in [3.05, 3.63) is 59.7 Å². The van der Waals surface area contributed by atoms with Gasteiger partial charge in [-0.05, 0) is 36.4 Å². The highest BCUT2D eigenvalue weighted by Crippen LogP contribution is 2.14. The number of carbonyl (C=O) groups excluding carboxylic acids is 1. The van der Waals surface area contributed by atoms with Crippen LogP contribution in [0.15, 0.2) is 48.5 Å². The number of carboxylic acid groups (broad SMARTS) is 1. The topological polar surface area (TPSA) is 94.8 Å². The highest BCUT2D eigenvalue weighted by atomic mass is 16.4. The molecule has 5 heteroatoms. The van der Waals surface area contributed by atoms with Crippen LogP contribution in [0.5, 0.6) is 11.5 Å². The largest absolute Gasteiger partial charge is 0.508 e. The van der Waals surface area contributed by atoms with Gasteiger partial charge in [0.2, 0.25) is 0 Å². The van der Waals surface area contributed by atoms with Crippen molar-refractivity contribution in [3.63, 3.8) is 0 Å². The van der Waals surface area contributed by atoms with E-state index < -0.39 is 5.97 Å². The molecular formula is C14H12O5. The Morgan fingerprint density at radius 1 is 0.947 bits per heavy atom. The van der Waals surface area contributed by atoms with Gasteiger partial charge in [0.05, 0.1) is 0 Å². The second-order valence-electron chi connectivity index (χ2n) is 3.53. The first-order chi connectivity index (χ1) is 9.04. The van der Waals surface area contributed by atoms with E-state index in [1.54, 1.807) is 24.3 Å². The van der Waals surface area contributed by atoms with Gasteiger partial charge in [0.15, 0.2) is 0 Å². The predicted octanol–water partition coefficient (Wildman–Crippen LogP) is 2.30. The van der Waals surface area contributed by atoms with E-state index in [1.165, 1.54) is 24.3 Å². The van der Waals surface area contributed by atoms with E-state index in [2.05, 4.69) is 0 Å². The Kier molecular flexibility index (Phi) is 5.10. The Morgan fingerprint density at radius 3 is 1.95 bits per heavy atom. The van der Waals surface area contributed by atoms with Gasteiger partial charge in [-0.1, -0.05) is 12.1 Å². The number of rotatable bonds is 2. The average molecular weight is 260 g/mol. The van der Waals surface area contributed by atoms with Gasteiger partial charge in [-0.15, -0.1) is 0 Å². The molecular weight excluding hydrogens is 248 g/mol. The molecule has 3 N–H and O–H groups in total. The summed E-state index contributed by atoms with van der Waals surface area (Å²) in [4.78, 5) is 20.3. The summed E-state index contributed by atoms with van der Waals surface area (Å²) in [7, 11) is 0. The van der Waals surface area contributed by atoms with Gasteiger partial charge < -0.3 is 15.3 Å². The molecule has 0 bridgehead atoms. The van der Waals surface area contributed by atoms with Crippen LogP contribution in [0, 0.1) is 0 Å². The Bertz CT molecular complexity index is 560. The van der Waals surface area contributed by atoms with Crippen LogP contribution in [0.25, 0.3) is 0 Å². The van der Waals surface area contributed by atoms with Crippen LogP contribution < -0.4 is 0 Å². The van der Waals surface area contributed by atoms with Crippen molar-refractivity contribution >= 4 is 12.3 Å². The number of aromatic carboxylic acids is 1. The normalized spacial score (nSPS) is 9.05. The molecule has 0 saturated heterocycles. The maximum absolute atomic E-state index is 10.3. The number of hydrogen-bond acceptors (Lipinski definition) is 4. The van der Waals surface area contributed by atoms with Gasteiger partial charge >= 0.3 is 5.97 Å². The van der Waals surface area contributed by atoms with Gasteiger partial charge in [-0.25, -0.2) is 4.79 Å². The molecule has 0 saturated carbocycles. The third-order valence-corrected chi connectivity index (χ3v) is 2.16. The summed E-state index contributed by atoms with van der Waals surface area (Å²) >= 11 is 0. The summed E-state index contributed by atoms with van der Waals surface area (Å²) in [5.74, 6) is -1.13. The summed E-state index contributed by atoms with van der Waals surface area (Å²) in [5, 5.41) is 26.0. The Hall–Kier alpha value is -2.82. The number of phenolic OH excluding ortho intramolecular Hbond substituents is 1. The molecule has 0 radical (unpaired) electrons. The number of aromatic hydroxyl groups is 2. The maximum atomic E-state index is 10.3. The van der Waals surface area contributed by atoms with Gasteiger partial charge in [0.1, 0.15) is 23.3 Å².